The first-order valence-electron chi connectivity index (χ1n) is 19.9. The van der Waals surface area contributed by atoms with E-state index in [1.807, 2.05) is 46.9 Å². The molecule has 3 aliphatic carbocycles. The van der Waals surface area contributed by atoms with Gasteiger partial charge < -0.3 is 40.2 Å². The van der Waals surface area contributed by atoms with Gasteiger partial charge in [-0.15, -0.1) is 11.3 Å². The van der Waals surface area contributed by atoms with Crippen LogP contribution in [-0.4, -0.2) is 93.4 Å². The Morgan fingerprint density at radius 1 is 1.09 bits per heavy atom. The van der Waals surface area contributed by atoms with Crippen LogP contribution in [-0.2, 0) is 19.1 Å². The summed E-state index contributed by atoms with van der Waals surface area (Å²) in [5.74, 6) is -0.703. The number of carbonyl (C=O) groups is 4. The number of nitrogens with one attached hydrogen (secondary N) is 3. The van der Waals surface area contributed by atoms with Crippen molar-refractivity contribution in [3.63, 3.8) is 0 Å². The topological polar surface area (TPSA) is 181 Å². The average molecular weight is 825 g/mol. The molecule has 0 radical (unpaired) electrons. The maximum Gasteiger partial charge on any atom is 0.408 e. The van der Waals surface area contributed by atoms with Crippen molar-refractivity contribution < 1.29 is 38.5 Å². The molecule has 4 N–H and O–H groups in total. The second kappa shape index (κ2) is 15.8. The van der Waals surface area contributed by atoms with Gasteiger partial charge in [-0.25, -0.2) is 19.6 Å². The van der Waals surface area contributed by atoms with Gasteiger partial charge in [-0.2, -0.15) is 0 Å². The fraction of sp³-hybridized carbons (Fsp3) is 0.610. The number of benzene rings is 1. The predicted octanol–water partition coefficient (Wildman–Crippen LogP) is 6.89. The number of alkyl carbamates (subject to hydrolysis) is 1. The van der Waals surface area contributed by atoms with E-state index in [2.05, 4.69) is 16.0 Å². The Hall–Kier alpha value is -4.37. The number of nitrogens with zero attached hydrogens (tertiary/aromatic N) is 3. The molecule has 2 aromatic heterocycles. The van der Waals surface area contributed by atoms with Gasteiger partial charge in [0.2, 0.25) is 11.8 Å². The lowest BCUT2D eigenvalue weighted by molar-refractivity contribution is -0.146. The normalized spacial score (nSPS) is 27.0. The van der Waals surface area contributed by atoms with Gasteiger partial charge in [0.15, 0.2) is 5.13 Å². The Morgan fingerprint density at radius 2 is 1.86 bits per heavy atom. The second-order valence-corrected chi connectivity index (χ2v) is 18.7. The van der Waals surface area contributed by atoms with Crippen LogP contribution in [0, 0.1) is 23.2 Å². The van der Waals surface area contributed by atoms with Crippen LogP contribution in [0.3, 0.4) is 0 Å². The third-order valence-electron chi connectivity index (χ3n) is 12.0. The molecule has 3 amide bonds. The van der Waals surface area contributed by atoms with Crippen LogP contribution in [0.25, 0.3) is 22.3 Å². The predicted molar refractivity (Wildman–Crippen MR) is 217 cm³/mol. The number of fused-ring (bicyclic) bond motifs is 3. The van der Waals surface area contributed by atoms with Crippen LogP contribution in [0.5, 0.6) is 11.5 Å². The SMILES string of the molecule is CCC1C[C@]1(NC(=O)[C@@H]1C[C@@H](Oc2cc(-c3csc(NC(C)C)n3)nc3c(Cl)c(OC)ccc23)CN1C(=O)[C@@H](NC(=O)OC1CC2CCC1C2)C(C)(C)C)C(=O)O. The molecule has 3 heterocycles. The molecule has 3 aromatic rings. The van der Waals surface area contributed by atoms with Crippen molar-refractivity contribution in [3.8, 4) is 22.9 Å². The molecule has 2 bridgehead atoms. The molecule has 1 saturated heterocycles. The zero-order valence-electron chi connectivity index (χ0n) is 33.5. The number of aromatic nitrogens is 2. The summed E-state index contributed by atoms with van der Waals surface area (Å²) in [6, 6.07) is 3.28. The number of hydrogen-bond acceptors (Lipinski definition) is 11. The van der Waals surface area contributed by atoms with Crippen molar-refractivity contribution in [1.82, 2.24) is 25.5 Å². The molecule has 4 fully saturated rings. The molecular formula is C41H53ClN6O8S. The van der Waals surface area contributed by atoms with Gasteiger partial charge in [0, 0.05) is 29.3 Å². The molecule has 3 saturated carbocycles. The quantitative estimate of drug-likeness (QED) is 0.141. The average Bonchev–Trinajstić information content (AvgIpc) is 3.67. The summed E-state index contributed by atoms with van der Waals surface area (Å²) in [4.78, 5) is 65.8. The van der Waals surface area contributed by atoms with Crippen LogP contribution < -0.4 is 25.4 Å². The van der Waals surface area contributed by atoms with Crippen molar-refractivity contribution in [2.45, 2.75) is 122 Å². The zero-order chi connectivity index (χ0) is 41.0. The molecule has 57 heavy (non-hydrogen) atoms. The summed E-state index contributed by atoms with van der Waals surface area (Å²) >= 11 is 8.27. The van der Waals surface area contributed by atoms with Crippen LogP contribution >= 0.6 is 22.9 Å². The van der Waals surface area contributed by atoms with E-state index in [1.165, 1.54) is 23.3 Å². The number of carbonyl (C=O) groups excluding carboxylic acids is 3. The maximum atomic E-state index is 14.7. The minimum absolute atomic E-state index is 0.0217. The highest BCUT2D eigenvalue weighted by Gasteiger charge is 2.61. The van der Waals surface area contributed by atoms with E-state index >= 15 is 0 Å². The first-order chi connectivity index (χ1) is 27.0. The highest BCUT2D eigenvalue weighted by atomic mass is 35.5. The van der Waals surface area contributed by atoms with Gasteiger partial charge in [0.25, 0.3) is 0 Å². The molecule has 7 rings (SSSR count). The monoisotopic (exact) mass is 824 g/mol. The number of hydrogen-bond donors (Lipinski definition) is 4. The first kappa shape index (κ1) is 40.8. The highest BCUT2D eigenvalue weighted by Crippen LogP contribution is 2.47. The largest absolute Gasteiger partial charge is 0.495 e. The number of halogens is 1. The van der Waals surface area contributed by atoms with Crippen molar-refractivity contribution in [3.05, 3.63) is 28.6 Å². The summed E-state index contributed by atoms with van der Waals surface area (Å²) in [5.41, 5.74) is -0.674. The number of aliphatic carboxylic acids is 1. The third kappa shape index (κ3) is 8.19. The number of ether oxygens (including phenoxy) is 3. The highest BCUT2D eigenvalue weighted by molar-refractivity contribution is 7.14. The number of carboxylic acid groups (broad SMARTS) is 1. The van der Waals surface area contributed by atoms with E-state index in [-0.39, 0.29) is 36.1 Å². The zero-order valence-corrected chi connectivity index (χ0v) is 35.1. The molecule has 1 aliphatic heterocycles. The maximum absolute atomic E-state index is 14.7. The number of pyridine rings is 1. The lowest BCUT2D eigenvalue weighted by Crippen LogP contribution is -2.59. The Morgan fingerprint density at radius 3 is 2.47 bits per heavy atom. The van der Waals surface area contributed by atoms with Gasteiger partial charge in [-0.05, 0) is 81.3 Å². The Bertz CT molecular complexity index is 2050. The molecule has 1 aromatic carbocycles. The molecule has 14 nitrogen and oxygen atoms in total. The summed E-state index contributed by atoms with van der Waals surface area (Å²) in [5, 5.41) is 22.6. The van der Waals surface area contributed by atoms with Crippen LogP contribution in [0.4, 0.5) is 9.93 Å². The summed E-state index contributed by atoms with van der Waals surface area (Å²) in [6.07, 6.45) is 3.41. The number of amides is 3. The van der Waals surface area contributed by atoms with Gasteiger partial charge >= 0.3 is 12.1 Å². The van der Waals surface area contributed by atoms with Gasteiger partial charge in [-0.3, -0.25) is 9.59 Å². The number of anilines is 1. The molecule has 4 aliphatic rings. The Balaban J connectivity index is 1.20. The van der Waals surface area contributed by atoms with Crippen molar-refractivity contribution in [2.24, 2.45) is 23.2 Å². The summed E-state index contributed by atoms with van der Waals surface area (Å²) in [6.45, 7) is 11.4. The summed E-state index contributed by atoms with van der Waals surface area (Å²) < 4.78 is 18.1. The van der Waals surface area contributed by atoms with E-state index in [4.69, 9.17) is 35.8 Å². The smallest absolute Gasteiger partial charge is 0.408 e. The molecule has 4 unspecified atom stereocenters. The number of carboxylic acids is 1. The van der Waals surface area contributed by atoms with Crippen LogP contribution in [0.15, 0.2) is 23.6 Å². The number of methoxy groups -OCH3 is 1. The molecule has 0 spiro atoms. The summed E-state index contributed by atoms with van der Waals surface area (Å²) in [7, 11) is 1.52. The van der Waals surface area contributed by atoms with E-state index in [0.29, 0.717) is 58.5 Å². The third-order valence-corrected chi connectivity index (χ3v) is 13.2. The molecule has 308 valence electrons. The minimum Gasteiger partial charge on any atom is -0.495 e. The fourth-order valence-electron chi connectivity index (χ4n) is 8.88. The van der Waals surface area contributed by atoms with Crippen molar-refractivity contribution in [2.75, 3.05) is 19.0 Å². The standard InChI is InChI=1S/C41H53ClN6O8S/c1-8-23-17-41(23,37(51)52)47-35(49)28-15-24(18-48(28)36(50)34(40(4,5)6)46-39(53)56-30-14-21-9-10-22(30)13-21)55-31-16-26(27-19-57-38(45-27)43-20(2)3)44-33-25(31)11-12-29(54-7)32(33)42/h11-12,16,19-24,28,30,34H,8-10,13-15,17-18H2,1-7H3,(H,43,45)(H,46,53)(H,47,49)(H,51,52)/t21?,22?,23?,24-,28+,30?,34-,41-/m1/s1. The van der Waals surface area contributed by atoms with Gasteiger partial charge in [0.1, 0.15) is 52.0 Å². The van der Waals surface area contributed by atoms with Gasteiger partial charge in [-0.1, -0.05) is 45.7 Å². The van der Waals surface area contributed by atoms with Crippen LogP contribution in [0.1, 0.15) is 86.5 Å². The number of thiazole rings is 1. The second-order valence-electron chi connectivity index (χ2n) is 17.4. The molecule has 8 atom stereocenters. The molecular weight excluding hydrogens is 772 g/mol. The van der Waals surface area contributed by atoms with E-state index in [9.17, 15) is 24.3 Å². The van der Waals surface area contributed by atoms with Crippen molar-refractivity contribution in [1.29, 1.82) is 0 Å². The van der Waals surface area contributed by atoms with E-state index in [1.54, 1.807) is 18.2 Å². The van der Waals surface area contributed by atoms with Crippen molar-refractivity contribution >= 4 is 62.8 Å². The number of likely N-dealkylation sites (tertiary alicyclic amines) is 1. The van der Waals surface area contributed by atoms with Crippen LogP contribution in [0.2, 0.25) is 5.02 Å². The van der Waals surface area contributed by atoms with E-state index in [0.717, 1.165) is 30.8 Å². The number of rotatable bonds is 13. The fourth-order valence-corrected chi connectivity index (χ4v) is 10.0. The molecule has 16 heteroatoms. The minimum atomic E-state index is -1.41. The lowest BCUT2D eigenvalue weighted by Gasteiger charge is -2.35. The van der Waals surface area contributed by atoms with E-state index < -0.39 is 53.0 Å². The Kier molecular flexibility index (Phi) is 11.3. The first-order valence-corrected chi connectivity index (χ1v) is 21.2. The Labute approximate surface area is 341 Å². The van der Waals surface area contributed by atoms with Gasteiger partial charge in [0.05, 0.1) is 24.9 Å². The lowest BCUT2D eigenvalue weighted by atomic mass is 9.85.